The van der Waals surface area contributed by atoms with Crippen LogP contribution in [0.2, 0.25) is 0 Å². The highest BCUT2D eigenvalue weighted by Crippen LogP contribution is 2.32. The molecule has 28 heavy (non-hydrogen) atoms. The number of carbonyl (C=O) groups is 1. The van der Waals surface area contributed by atoms with Crippen molar-refractivity contribution in [2.45, 2.75) is 26.3 Å². The largest absolute Gasteiger partial charge is 0.338 e. The minimum absolute atomic E-state index is 0.00811. The summed E-state index contributed by atoms with van der Waals surface area (Å²) < 4.78 is 14.6. The van der Waals surface area contributed by atoms with Gasteiger partial charge in [-0.15, -0.1) is 0 Å². The first-order valence-corrected chi connectivity index (χ1v) is 8.94. The zero-order chi connectivity index (χ0) is 20.4. The molecule has 0 N–H and O–H groups in total. The van der Waals surface area contributed by atoms with Crippen LogP contribution in [0.5, 0.6) is 0 Å². The first-order valence-electron chi connectivity index (χ1n) is 8.94. The van der Waals surface area contributed by atoms with Gasteiger partial charge in [0.1, 0.15) is 11.5 Å². The zero-order valence-corrected chi connectivity index (χ0v) is 15.8. The van der Waals surface area contributed by atoms with E-state index >= 15 is 0 Å². The van der Waals surface area contributed by atoms with E-state index in [4.69, 9.17) is 0 Å². The number of nitro groups is 1. The van der Waals surface area contributed by atoms with E-state index in [1.54, 1.807) is 36.2 Å². The molecule has 144 valence electrons. The lowest BCUT2D eigenvalue weighted by atomic mass is 10.0. The normalized spacial score (nSPS) is 12.0. The molecule has 3 aromatic rings. The molecular formula is C21H20FN3O3. The Bertz CT molecular complexity index is 1070. The third-order valence-corrected chi connectivity index (χ3v) is 4.95. The van der Waals surface area contributed by atoms with Crippen molar-refractivity contribution >= 4 is 22.4 Å². The summed E-state index contributed by atoms with van der Waals surface area (Å²) >= 11 is 0. The molecule has 0 bridgehead atoms. The predicted octanol–water partition coefficient (Wildman–Crippen LogP) is 4.82. The summed E-state index contributed by atoms with van der Waals surface area (Å²) in [5, 5.41) is 12.5. The molecular weight excluding hydrogens is 360 g/mol. The maximum atomic E-state index is 14.6. The molecule has 3 rings (SSSR count). The van der Waals surface area contributed by atoms with E-state index in [-0.39, 0.29) is 34.6 Å². The Hall–Kier alpha value is -3.35. The molecule has 7 heteroatoms. The summed E-state index contributed by atoms with van der Waals surface area (Å²) in [6.07, 6.45) is 0.780. The Morgan fingerprint density at radius 2 is 1.96 bits per heavy atom. The lowest BCUT2D eigenvalue weighted by molar-refractivity contribution is -0.384. The highest BCUT2D eigenvalue weighted by atomic mass is 18.2. The van der Waals surface area contributed by atoms with Gasteiger partial charge in [0.15, 0.2) is 0 Å². The van der Waals surface area contributed by atoms with Crippen molar-refractivity contribution in [1.29, 1.82) is 0 Å². The predicted molar refractivity (Wildman–Crippen MR) is 106 cm³/mol. The lowest BCUT2D eigenvalue weighted by Crippen LogP contribution is -2.35. The number of benzene rings is 2. The number of halogens is 1. The number of fused-ring (bicyclic) bond motifs is 1. The van der Waals surface area contributed by atoms with Crippen molar-refractivity contribution in [2.75, 3.05) is 7.05 Å². The fourth-order valence-corrected chi connectivity index (χ4v) is 2.98. The molecule has 0 saturated heterocycles. The van der Waals surface area contributed by atoms with Crippen LogP contribution in [0.4, 0.5) is 10.1 Å². The molecule has 1 aromatic heterocycles. The molecule has 0 aliphatic heterocycles. The average molecular weight is 380 g/mol. The number of hydrogen-bond donors (Lipinski definition) is 0. The van der Waals surface area contributed by atoms with Gasteiger partial charge >= 0.3 is 0 Å². The van der Waals surface area contributed by atoms with Gasteiger partial charge in [0.05, 0.1) is 10.6 Å². The zero-order valence-electron chi connectivity index (χ0n) is 15.8. The van der Waals surface area contributed by atoms with Crippen LogP contribution in [0.3, 0.4) is 0 Å². The molecule has 1 atom stereocenters. The number of nitro benzene ring substituents is 1. The van der Waals surface area contributed by atoms with Crippen LogP contribution in [-0.4, -0.2) is 33.8 Å². The fraction of sp³-hybridized carbons (Fsp3) is 0.238. The van der Waals surface area contributed by atoms with Gasteiger partial charge in [-0.2, -0.15) is 0 Å². The van der Waals surface area contributed by atoms with Gasteiger partial charge in [0.2, 0.25) is 0 Å². The maximum Gasteiger partial charge on any atom is 0.272 e. The quantitative estimate of drug-likeness (QED) is 0.470. The SMILES string of the molecule is CCC(C)N(C)C(=O)c1cc2ccccc2c(-c2cc([N+](=O)[O-])ccc2[18F])n1. The van der Waals surface area contributed by atoms with E-state index in [1.807, 2.05) is 19.9 Å². The molecule has 1 amide bonds. The number of pyridine rings is 1. The van der Waals surface area contributed by atoms with Crippen LogP contribution < -0.4 is 0 Å². The van der Waals surface area contributed by atoms with Crippen LogP contribution >= 0.6 is 0 Å². The molecule has 2 aromatic carbocycles. The van der Waals surface area contributed by atoms with Gasteiger partial charge in [-0.25, -0.2) is 9.37 Å². The standard InChI is InChI=1S/C21H20FN3O3/c1-4-13(2)24(3)21(26)19-11-14-7-5-6-8-16(14)20(23-19)17-12-15(25(27)28)9-10-18(17)22/h5-13H,4H2,1-3H3/i22-1. The summed E-state index contributed by atoms with van der Waals surface area (Å²) in [5.74, 6) is -0.921. The minimum atomic E-state index is -0.636. The van der Waals surface area contributed by atoms with E-state index in [0.29, 0.717) is 10.8 Å². The van der Waals surface area contributed by atoms with Gasteiger partial charge in [-0.05, 0) is 30.9 Å². The Labute approximate surface area is 161 Å². The molecule has 6 nitrogen and oxygen atoms in total. The summed E-state index contributed by atoms with van der Waals surface area (Å²) in [7, 11) is 1.70. The van der Waals surface area contributed by atoms with Gasteiger partial charge < -0.3 is 4.90 Å². The van der Waals surface area contributed by atoms with Gasteiger partial charge in [-0.1, -0.05) is 31.2 Å². The number of carbonyl (C=O) groups excluding carboxylic acids is 1. The molecule has 0 aliphatic rings. The van der Waals surface area contributed by atoms with E-state index in [9.17, 15) is 19.3 Å². The van der Waals surface area contributed by atoms with E-state index < -0.39 is 10.7 Å². The number of rotatable bonds is 5. The number of aromatic nitrogens is 1. The van der Waals surface area contributed by atoms with Crippen molar-refractivity contribution in [3.05, 3.63) is 70.2 Å². The lowest BCUT2D eigenvalue weighted by Gasteiger charge is -2.24. The molecule has 0 saturated carbocycles. The summed E-state index contributed by atoms with van der Waals surface area (Å²) in [4.78, 5) is 29.4. The minimum Gasteiger partial charge on any atom is -0.338 e. The van der Waals surface area contributed by atoms with Crippen LogP contribution in [0, 0.1) is 15.9 Å². The third kappa shape index (κ3) is 3.55. The monoisotopic (exact) mass is 380 g/mol. The molecule has 0 aliphatic carbocycles. The molecule has 0 spiro atoms. The van der Waals surface area contributed by atoms with Crippen molar-refractivity contribution in [3.63, 3.8) is 0 Å². The molecule has 0 fully saturated rings. The number of amides is 1. The first-order chi connectivity index (χ1) is 13.3. The first kappa shape index (κ1) is 19.4. The molecule has 0 radical (unpaired) electrons. The second kappa shape index (κ2) is 7.72. The highest BCUT2D eigenvalue weighted by Gasteiger charge is 2.22. The van der Waals surface area contributed by atoms with Crippen molar-refractivity contribution in [1.82, 2.24) is 9.88 Å². The third-order valence-electron chi connectivity index (χ3n) is 4.95. The maximum absolute atomic E-state index is 14.6. The second-order valence-corrected chi connectivity index (χ2v) is 6.67. The number of nitrogens with zero attached hydrogens (tertiary/aromatic N) is 3. The van der Waals surface area contributed by atoms with Gasteiger partial charge in [0, 0.05) is 36.2 Å². The van der Waals surface area contributed by atoms with E-state index in [1.165, 1.54) is 0 Å². The van der Waals surface area contributed by atoms with Crippen LogP contribution in [0.25, 0.3) is 22.0 Å². The van der Waals surface area contributed by atoms with E-state index in [0.717, 1.165) is 24.6 Å². The molecule has 1 heterocycles. The number of non-ortho nitro benzene ring substituents is 1. The van der Waals surface area contributed by atoms with Gasteiger partial charge in [0.25, 0.3) is 11.6 Å². The smallest absolute Gasteiger partial charge is 0.272 e. The van der Waals surface area contributed by atoms with Gasteiger partial charge in [-0.3, -0.25) is 14.9 Å². The average Bonchev–Trinajstić information content (AvgIpc) is 2.71. The Morgan fingerprint density at radius 1 is 1.25 bits per heavy atom. The summed E-state index contributed by atoms with van der Waals surface area (Å²) in [6.45, 7) is 3.91. The fourth-order valence-electron chi connectivity index (χ4n) is 2.98. The second-order valence-electron chi connectivity index (χ2n) is 6.67. The van der Waals surface area contributed by atoms with Crippen molar-refractivity contribution in [2.24, 2.45) is 0 Å². The summed E-state index contributed by atoms with van der Waals surface area (Å²) in [6, 6.07) is 12.1. The van der Waals surface area contributed by atoms with Crippen molar-refractivity contribution < 1.29 is 14.1 Å². The topological polar surface area (TPSA) is 76.3 Å². The van der Waals surface area contributed by atoms with Crippen molar-refractivity contribution in [3.8, 4) is 11.3 Å². The summed E-state index contributed by atoms with van der Waals surface area (Å²) in [5.41, 5.74) is 0.129. The Morgan fingerprint density at radius 3 is 2.64 bits per heavy atom. The van der Waals surface area contributed by atoms with E-state index in [2.05, 4.69) is 4.98 Å². The number of hydrogen-bond acceptors (Lipinski definition) is 4. The Balaban J connectivity index is 2.24. The highest BCUT2D eigenvalue weighted by molar-refractivity contribution is 6.01. The molecule has 1 unspecified atom stereocenters. The van der Waals surface area contributed by atoms with Crippen LogP contribution in [0.1, 0.15) is 30.8 Å². The van der Waals surface area contributed by atoms with Crippen LogP contribution in [-0.2, 0) is 0 Å². The Kier molecular flexibility index (Phi) is 5.35. The van der Waals surface area contributed by atoms with Crippen LogP contribution in [0.15, 0.2) is 48.5 Å².